The van der Waals surface area contributed by atoms with E-state index in [1.807, 2.05) is 12.1 Å². The zero-order chi connectivity index (χ0) is 17.3. The molecule has 6 heteroatoms. The number of sulfone groups is 1. The Morgan fingerprint density at radius 1 is 1.21 bits per heavy atom. The maximum Gasteiger partial charge on any atom is 0.223 e. The van der Waals surface area contributed by atoms with Crippen molar-refractivity contribution in [1.29, 1.82) is 0 Å². The van der Waals surface area contributed by atoms with E-state index in [2.05, 4.69) is 17.1 Å². The van der Waals surface area contributed by atoms with Crippen molar-refractivity contribution in [2.45, 2.75) is 44.0 Å². The van der Waals surface area contributed by atoms with Crippen LogP contribution < -0.4 is 10.2 Å². The molecule has 132 valence electrons. The van der Waals surface area contributed by atoms with Crippen LogP contribution in [0.15, 0.2) is 29.2 Å². The number of carbonyl (C=O) groups is 1. The Kier molecular flexibility index (Phi) is 4.85. The molecule has 1 amide bonds. The van der Waals surface area contributed by atoms with Crippen LogP contribution in [0.3, 0.4) is 0 Å². The summed E-state index contributed by atoms with van der Waals surface area (Å²) in [4.78, 5) is 14.7. The highest BCUT2D eigenvalue weighted by atomic mass is 32.2. The molecule has 1 aromatic carbocycles. The molecule has 2 atom stereocenters. The molecule has 1 aromatic rings. The van der Waals surface area contributed by atoms with Crippen molar-refractivity contribution in [2.75, 3.05) is 23.7 Å². The van der Waals surface area contributed by atoms with Crippen LogP contribution >= 0.6 is 0 Å². The van der Waals surface area contributed by atoms with Gasteiger partial charge in [-0.15, -0.1) is 0 Å². The second-order valence-electron chi connectivity index (χ2n) is 6.99. The largest absolute Gasteiger partial charge is 0.371 e. The van der Waals surface area contributed by atoms with Crippen LogP contribution in [-0.2, 0) is 14.6 Å². The quantitative estimate of drug-likeness (QED) is 0.884. The number of piperidine rings is 1. The molecule has 0 spiro atoms. The van der Waals surface area contributed by atoms with Gasteiger partial charge in [0.2, 0.25) is 5.91 Å². The molecule has 1 saturated carbocycles. The maximum atomic E-state index is 12.0. The second kappa shape index (κ2) is 6.75. The van der Waals surface area contributed by atoms with E-state index in [1.54, 1.807) is 19.1 Å². The molecule has 0 aromatic heterocycles. The number of nitrogens with one attached hydrogen (secondary N) is 1. The molecule has 0 radical (unpaired) electrons. The van der Waals surface area contributed by atoms with Crippen LogP contribution in [0.4, 0.5) is 5.69 Å². The zero-order valence-electron chi connectivity index (χ0n) is 14.4. The summed E-state index contributed by atoms with van der Waals surface area (Å²) in [6.45, 7) is 5.54. The second-order valence-corrected chi connectivity index (χ2v) is 9.26. The fourth-order valence-electron chi connectivity index (χ4n) is 3.31. The van der Waals surface area contributed by atoms with Gasteiger partial charge in [0, 0.05) is 30.7 Å². The Morgan fingerprint density at radius 3 is 2.29 bits per heavy atom. The molecule has 2 fully saturated rings. The van der Waals surface area contributed by atoms with Gasteiger partial charge < -0.3 is 10.2 Å². The lowest BCUT2D eigenvalue weighted by atomic mass is 10.0. The first-order valence-corrected chi connectivity index (χ1v) is 10.4. The van der Waals surface area contributed by atoms with Crippen LogP contribution in [0.2, 0.25) is 0 Å². The minimum absolute atomic E-state index is 0.122. The average Bonchev–Trinajstić information content (AvgIpc) is 3.33. The first-order valence-electron chi connectivity index (χ1n) is 8.79. The normalized spacial score (nSPS) is 24.7. The summed E-state index contributed by atoms with van der Waals surface area (Å²) in [6.07, 6.45) is 2.89. The molecule has 3 rings (SSSR count). The van der Waals surface area contributed by atoms with Crippen molar-refractivity contribution < 1.29 is 13.2 Å². The fourth-order valence-corrected chi connectivity index (χ4v) is 4.19. The minimum Gasteiger partial charge on any atom is -0.371 e. The molecule has 2 aliphatic rings. The summed E-state index contributed by atoms with van der Waals surface area (Å²) in [7, 11) is -3.14. The lowest BCUT2D eigenvalue weighted by molar-refractivity contribution is -0.123. The molecule has 1 heterocycles. The molecule has 1 N–H and O–H groups in total. The maximum absolute atomic E-state index is 12.0. The summed E-state index contributed by atoms with van der Waals surface area (Å²) < 4.78 is 23.7. The van der Waals surface area contributed by atoms with Gasteiger partial charge in [0.15, 0.2) is 9.84 Å². The third kappa shape index (κ3) is 3.74. The molecule has 0 bridgehead atoms. The SMILES string of the molecule is CCS(=O)(=O)c1ccc(N2CCC(NC(=O)C3CC3C)CC2)cc1. The summed E-state index contributed by atoms with van der Waals surface area (Å²) in [6, 6.07) is 7.41. The van der Waals surface area contributed by atoms with Crippen molar-refractivity contribution in [3.8, 4) is 0 Å². The lowest BCUT2D eigenvalue weighted by Gasteiger charge is -2.34. The third-order valence-corrected chi connectivity index (χ3v) is 6.98. The average molecular weight is 350 g/mol. The van der Waals surface area contributed by atoms with Gasteiger partial charge in [-0.2, -0.15) is 0 Å². The zero-order valence-corrected chi connectivity index (χ0v) is 15.2. The summed E-state index contributed by atoms with van der Waals surface area (Å²) in [5.74, 6) is 1.12. The van der Waals surface area contributed by atoms with Crippen molar-refractivity contribution >= 4 is 21.4 Å². The van der Waals surface area contributed by atoms with Gasteiger partial charge in [-0.05, 0) is 49.4 Å². The van der Waals surface area contributed by atoms with Crippen LogP contribution in [-0.4, -0.2) is 39.2 Å². The van der Waals surface area contributed by atoms with Crippen molar-refractivity contribution in [1.82, 2.24) is 5.32 Å². The first-order chi connectivity index (χ1) is 11.4. The van der Waals surface area contributed by atoms with Crippen LogP contribution in [0.1, 0.15) is 33.1 Å². The third-order valence-electron chi connectivity index (χ3n) is 5.23. The van der Waals surface area contributed by atoms with Gasteiger partial charge in [-0.1, -0.05) is 13.8 Å². The Hall–Kier alpha value is -1.56. The van der Waals surface area contributed by atoms with Crippen molar-refractivity contribution in [3.05, 3.63) is 24.3 Å². The number of anilines is 1. The Morgan fingerprint density at radius 2 is 1.79 bits per heavy atom. The molecule has 24 heavy (non-hydrogen) atoms. The van der Waals surface area contributed by atoms with E-state index in [0.29, 0.717) is 10.8 Å². The van der Waals surface area contributed by atoms with Gasteiger partial charge in [-0.3, -0.25) is 4.79 Å². The lowest BCUT2D eigenvalue weighted by Crippen LogP contribution is -2.45. The smallest absolute Gasteiger partial charge is 0.223 e. The van der Waals surface area contributed by atoms with Crippen molar-refractivity contribution in [2.24, 2.45) is 11.8 Å². The number of nitrogens with zero attached hydrogens (tertiary/aromatic N) is 1. The molecule has 1 saturated heterocycles. The van der Waals surface area contributed by atoms with E-state index in [-0.39, 0.29) is 23.6 Å². The highest BCUT2D eigenvalue weighted by Gasteiger charge is 2.39. The number of rotatable bonds is 5. The summed E-state index contributed by atoms with van der Waals surface area (Å²) >= 11 is 0. The van der Waals surface area contributed by atoms with Gasteiger partial charge >= 0.3 is 0 Å². The standard InChI is InChI=1S/C18H26N2O3S/c1-3-24(22,23)16-6-4-15(5-7-16)20-10-8-14(9-11-20)19-18(21)17-12-13(17)2/h4-7,13-14,17H,3,8-12H2,1-2H3,(H,19,21). The monoisotopic (exact) mass is 350 g/mol. The molecule has 1 aliphatic carbocycles. The molecule has 1 aliphatic heterocycles. The van der Waals surface area contributed by atoms with Crippen molar-refractivity contribution in [3.63, 3.8) is 0 Å². The number of benzene rings is 1. The van der Waals surface area contributed by atoms with Gasteiger partial charge in [0.05, 0.1) is 10.6 Å². The van der Waals surface area contributed by atoms with E-state index in [0.717, 1.165) is 38.0 Å². The van der Waals surface area contributed by atoms with E-state index in [4.69, 9.17) is 0 Å². The van der Waals surface area contributed by atoms with Gasteiger partial charge in [0.25, 0.3) is 0 Å². The van der Waals surface area contributed by atoms with E-state index in [9.17, 15) is 13.2 Å². The van der Waals surface area contributed by atoms with Crippen LogP contribution in [0, 0.1) is 11.8 Å². The van der Waals surface area contributed by atoms with Crippen LogP contribution in [0.5, 0.6) is 0 Å². The predicted octanol–water partition coefficient (Wildman–Crippen LogP) is 2.22. The van der Waals surface area contributed by atoms with Gasteiger partial charge in [-0.25, -0.2) is 8.42 Å². The highest BCUT2D eigenvalue weighted by molar-refractivity contribution is 7.91. The summed E-state index contributed by atoms with van der Waals surface area (Å²) in [5, 5.41) is 3.17. The Balaban J connectivity index is 1.54. The molecule has 5 nitrogen and oxygen atoms in total. The van der Waals surface area contributed by atoms with E-state index in [1.165, 1.54) is 0 Å². The Bertz CT molecular complexity index is 691. The van der Waals surface area contributed by atoms with E-state index < -0.39 is 9.84 Å². The molecular weight excluding hydrogens is 324 g/mol. The fraction of sp³-hybridized carbons (Fsp3) is 0.611. The summed E-state index contributed by atoms with van der Waals surface area (Å²) in [5.41, 5.74) is 1.05. The Labute approximate surface area is 144 Å². The number of hydrogen-bond acceptors (Lipinski definition) is 4. The molecular formula is C18H26N2O3S. The highest BCUT2D eigenvalue weighted by Crippen LogP contribution is 2.38. The van der Waals surface area contributed by atoms with E-state index >= 15 is 0 Å². The number of carbonyl (C=O) groups excluding carboxylic acids is 1. The van der Waals surface area contributed by atoms with Crippen LogP contribution in [0.25, 0.3) is 0 Å². The topological polar surface area (TPSA) is 66.5 Å². The predicted molar refractivity (Wildman–Crippen MR) is 94.8 cm³/mol. The minimum atomic E-state index is -3.14. The first kappa shape index (κ1) is 17.3. The number of hydrogen-bond donors (Lipinski definition) is 1. The number of amides is 1. The molecule has 2 unspecified atom stereocenters. The van der Waals surface area contributed by atoms with Gasteiger partial charge in [0.1, 0.15) is 0 Å².